The van der Waals surface area contributed by atoms with Gasteiger partial charge in [-0.15, -0.1) is 0 Å². The van der Waals surface area contributed by atoms with E-state index in [0.29, 0.717) is 5.92 Å². The fourth-order valence-electron chi connectivity index (χ4n) is 3.71. The quantitative estimate of drug-likeness (QED) is 0.683. The molecule has 0 aromatic heterocycles. The van der Waals surface area contributed by atoms with Crippen LogP contribution in [0.4, 0.5) is 5.69 Å². The van der Waals surface area contributed by atoms with E-state index in [9.17, 15) is 0 Å². The standard InChI is InChI=1S/C18H19N/c1-12-3-5-17-15(8-12)10-19-11-16(17)9-14-7-13(2)4-6-18(14)19/h3-8,16H,9-11H2,1-2H3. The second-order valence-corrected chi connectivity index (χ2v) is 6.12. The first-order chi connectivity index (χ1) is 9.20. The topological polar surface area (TPSA) is 3.24 Å². The van der Waals surface area contributed by atoms with Crippen molar-refractivity contribution in [1.29, 1.82) is 0 Å². The summed E-state index contributed by atoms with van der Waals surface area (Å²) in [6.45, 7) is 6.64. The van der Waals surface area contributed by atoms with Gasteiger partial charge in [-0.2, -0.15) is 0 Å². The van der Waals surface area contributed by atoms with E-state index in [0.717, 1.165) is 6.54 Å². The Morgan fingerprint density at radius 1 is 0.947 bits per heavy atom. The molecule has 2 bridgehead atoms. The molecule has 2 aromatic rings. The molecule has 0 spiro atoms. The van der Waals surface area contributed by atoms with Crippen molar-refractivity contribution >= 4 is 5.69 Å². The van der Waals surface area contributed by atoms with Gasteiger partial charge in [0.05, 0.1) is 0 Å². The summed E-state index contributed by atoms with van der Waals surface area (Å²) in [5.74, 6) is 0.679. The van der Waals surface area contributed by atoms with E-state index in [2.05, 4.69) is 55.1 Å². The van der Waals surface area contributed by atoms with Crippen LogP contribution in [0.25, 0.3) is 0 Å². The molecular weight excluding hydrogens is 230 g/mol. The summed E-state index contributed by atoms with van der Waals surface area (Å²) in [5, 5.41) is 0. The minimum Gasteiger partial charge on any atom is -0.366 e. The van der Waals surface area contributed by atoms with E-state index in [4.69, 9.17) is 0 Å². The number of hydrogen-bond donors (Lipinski definition) is 0. The van der Waals surface area contributed by atoms with Crippen LogP contribution in [-0.2, 0) is 13.0 Å². The van der Waals surface area contributed by atoms with Gasteiger partial charge in [0, 0.05) is 24.7 Å². The molecule has 2 heterocycles. The summed E-state index contributed by atoms with van der Waals surface area (Å²) in [4.78, 5) is 2.56. The molecule has 96 valence electrons. The Bertz CT molecular complexity index is 599. The highest BCUT2D eigenvalue weighted by atomic mass is 15.1. The molecule has 0 saturated heterocycles. The minimum absolute atomic E-state index is 0.679. The van der Waals surface area contributed by atoms with Crippen LogP contribution in [0.15, 0.2) is 36.4 Å². The maximum atomic E-state index is 2.56. The van der Waals surface area contributed by atoms with Crippen LogP contribution in [0.3, 0.4) is 0 Å². The van der Waals surface area contributed by atoms with Crippen molar-refractivity contribution in [2.75, 3.05) is 11.4 Å². The van der Waals surface area contributed by atoms with Crippen molar-refractivity contribution in [3.8, 4) is 0 Å². The second-order valence-electron chi connectivity index (χ2n) is 6.12. The Balaban J connectivity index is 1.83. The number of benzene rings is 2. The predicted molar refractivity (Wildman–Crippen MR) is 79.9 cm³/mol. The zero-order chi connectivity index (χ0) is 13.0. The van der Waals surface area contributed by atoms with Crippen molar-refractivity contribution in [2.24, 2.45) is 0 Å². The largest absolute Gasteiger partial charge is 0.366 e. The molecule has 1 atom stereocenters. The first-order valence-electron chi connectivity index (χ1n) is 7.14. The molecule has 2 aliphatic rings. The van der Waals surface area contributed by atoms with Crippen LogP contribution < -0.4 is 4.90 Å². The number of fused-ring (bicyclic) bond motifs is 6. The van der Waals surface area contributed by atoms with Gasteiger partial charge in [0.1, 0.15) is 0 Å². The van der Waals surface area contributed by atoms with E-state index in [1.807, 2.05) is 0 Å². The van der Waals surface area contributed by atoms with Crippen LogP contribution in [0.5, 0.6) is 0 Å². The van der Waals surface area contributed by atoms with Crippen LogP contribution in [-0.4, -0.2) is 6.54 Å². The van der Waals surface area contributed by atoms with Crippen LogP contribution in [0.1, 0.15) is 33.7 Å². The van der Waals surface area contributed by atoms with E-state index in [-0.39, 0.29) is 0 Å². The van der Waals surface area contributed by atoms with Gasteiger partial charge in [-0.3, -0.25) is 0 Å². The van der Waals surface area contributed by atoms with Crippen LogP contribution in [0.2, 0.25) is 0 Å². The molecule has 0 amide bonds. The van der Waals surface area contributed by atoms with E-state index in [1.54, 1.807) is 5.56 Å². The number of hydrogen-bond acceptors (Lipinski definition) is 1. The Labute approximate surface area is 114 Å². The number of nitrogens with zero attached hydrogens (tertiary/aromatic N) is 1. The van der Waals surface area contributed by atoms with Crippen molar-refractivity contribution < 1.29 is 0 Å². The van der Waals surface area contributed by atoms with Gasteiger partial charge in [0.15, 0.2) is 0 Å². The van der Waals surface area contributed by atoms with Gasteiger partial charge >= 0.3 is 0 Å². The molecule has 0 radical (unpaired) electrons. The molecule has 0 fully saturated rings. The molecule has 0 aliphatic carbocycles. The Kier molecular flexibility index (Phi) is 2.26. The lowest BCUT2D eigenvalue weighted by molar-refractivity contribution is 0.569. The fraction of sp³-hybridized carbons (Fsp3) is 0.333. The average molecular weight is 249 g/mol. The summed E-state index contributed by atoms with van der Waals surface area (Å²) >= 11 is 0. The lowest BCUT2D eigenvalue weighted by atomic mass is 9.80. The lowest BCUT2D eigenvalue weighted by Crippen LogP contribution is -2.38. The van der Waals surface area contributed by atoms with Gasteiger partial charge < -0.3 is 4.90 Å². The van der Waals surface area contributed by atoms with E-state index in [1.165, 1.54) is 40.9 Å². The highest BCUT2D eigenvalue weighted by molar-refractivity contribution is 5.61. The summed E-state index contributed by atoms with van der Waals surface area (Å²) in [6, 6.07) is 13.9. The second kappa shape index (κ2) is 3.86. The number of rotatable bonds is 0. The minimum atomic E-state index is 0.679. The lowest BCUT2D eigenvalue weighted by Gasteiger charge is -2.42. The smallest absolute Gasteiger partial charge is 0.0432 e. The predicted octanol–water partition coefficient (Wildman–Crippen LogP) is 3.96. The molecule has 19 heavy (non-hydrogen) atoms. The summed E-state index contributed by atoms with van der Waals surface area (Å²) in [6.07, 6.45) is 1.20. The molecular formula is C18H19N. The summed E-state index contributed by atoms with van der Waals surface area (Å²) in [7, 11) is 0. The molecule has 2 aliphatic heterocycles. The van der Waals surface area contributed by atoms with E-state index < -0.39 is 0 Å². The van der Waals surface area contributed by atoms with E-state index >= 15 is 0 Å². The third-order valence-corrected chi connectivity index (χ3v) is 4.58. The molecule has 0 N–H and O–H groups in total. The summed E-state index contributed by atoms with van der Waals surface area (Å²) < 4.78 is 0. The zero-order valence-electron chi connectivity index (χ0n) is 11.6. The molecule has 1 nitrogen and oxygen atoms in total. The fourth-order valence-corrected chi connectivity index (χ4v) is 3.71. The molecule has 4 rings (SSSR count). The first kappa shape index (κ1) is 11.1. The number of aryl methyl sites for hydroxylation is 2. The van der Waals surface area contributed by atoms with Crippen molar-refractivity contribution in [1.82, 2.24) is 0 Å². The van der Waals surface area contributed by atoms with Gasteiger partial charge in [0.25, 0.3) is 0 Å². The van der Waals surface area contributed by atoms with Crippen molar-refractivity contribution in [3.05, 3.63) is 64.2 Å². The highest BCUT2D eigenvalue weighted by Crippen LogP contribution is 2.40. The van der Waals surface area contributed by atoms with Crippen molar-refractivity contribution in [3.63, 3.8) is 0 Å². The van der Waals surface area contributed by atoms with Gasteiger partial charge in [0.2, 0.25) is 0 Å². The molecule has 1 heteroatoms. The maximum absolute atomic E-state index is 2.56. The van der Waals surface area contributed by atoms with Gasteiger partial charge in [-0.1, -0.05) is 41.5 Å². The monoisotopic (exact) mass is 249 g/mol. The van der Waals surface area contributed by atoms with Crippen molar-refractivity contribution in [2.45, 2.75) is 32.7 Å². The highest BCUT2D eigenvalue weighted by Gasteiger charge is 2.31. The maximum Gasteiger partial charge on any atom is 0.0432 e. The number of anilines is 1. The molecule has 0 saturated carbocycles. The molecule has 1 unspecified atom stereocenters. The SMILES string of the molecule is Cc1ccc2c(c1)CN1CC2Cc2cc(C)ccc21. The molecule has 2 aromatic carbocycles. The summed E-state index contributed by atoms with van der Waals surface area (Å²) in [5.41, 5.74) is 8.85. The zero-order valence-corrected chi connectivity index (χ0v) is 11.6. The van der Waals surface area contributed by atoms with Crippen LogP contribution in [0, 0.1) is 13.8 Å². The third-order valence-electron chi connectivity index (χ3n) is 4.58. The third kappa shape index (κ3) is 1.68. The Morgan fingerprint density at radius 3 is 2.53 bits per heavy atom. The van der Waals surface area contributed by atoms with Gasteiger partial charge in [-0.25, -0.2) is 0 Å². The Hall–Kier alpha value is -1.76. The average Bonchev–Trinajstić information content (AvgIpc) is 2.37. The van der Waals surface area contributed by atoms with Gasteiger partial charge in [-0.05, 0) is 43.0 Å². The van der Waals surface area contributed by atoms with Crippen LogP contribution >= 0.6 is 0 Å². The Morgan fingerprint density at radius 2 is 1.68 bits per heavy atom. The normalized spacial score (nSPS) is 19.9. The first-order valence-corrected chi connectivity index (χ1v) is 7.14.